The van der Waals surface area contributed by atoms with Crippen LogP contribution in [0.5, 0.6) is 0 Å². The normalized spacial score (nSPS) is 18.7. The Morgan fingerprint density at radius 2 is 1.09 bits per heavy atom. The van der Waals surface area contributed by atoms with Crippen molar-refractivity contribution in [2.75, 3.05) is 76.5 Å². The van der Waals surface area contributed by atoms with Crippen molar-refractivity contribution >= 4 is 77.2 Å². The van der Waals surface area contributed by atoms with Crippen LogP contribution < -0.4 is 9.80 Å². The van der Waals surface area contributed by atoms with Gasteiger partial charge in [0, 0.05) is 106 Å². The number of hydrogen-bond donors (Lipinski definition) is 0. The lowest BCUT2D eigenvalue weighted by Crippen LogP contribution is -2.44. The highest BCUT2D eigenvalue weighted by molar-refractivity contribution is 7.90. The van der Waals surface area contributed by atoms with E-state index >= 15 is 0 Å². The van der Waals surface area contributed by atoms with Gasteiger partial charge in [0.2, 0.25) is 11.8 Å². The van der Waals surface area contributed by atoms with Gasteiger partial charge in [0.25, 0.3) is 20.0 Å². The first-order valence-corrected chi connectivity index (χ1v) is 29.3. The number of halogens is 1. The molecule has 12 rings (SSSR count). The summed E-state index contributed by atoms with van der Waals surface area (Å²) in [6.45, 7) is 13.4. The van der Waals surface area contributed by atoms with E-state index in [4.69, 9.17) is 36.0 Å². The second kappa shape index (κ2) is 23.8. The van der Waals surface area contributed by atoms with Crippen LogP contribution in [0.25, 0.3) is 44.8 Å². The van der Waals surface area contributed by atoms with Crippen LogP contribution in [0.15, 0.2) is 120 Å². The molecular formula is C57H65ClN12O8S2. The average molecular weight is 1150 g/mol. The second-order valence-electron chi connectivity index (χ2n) is 20.2. The summed E-state index contributed by atoms with van der Waals surface area (Å²) >= 11 is 6.36. The minimum Gasteiger partial charge on any atom is -0.377 e. The fourth-order valence-electron chi connectivity index (χ4n) is 10.0. The van der Waals surface area contributed by atoms with Crippen molar-refractivity contribution in [3.63, 3.8) is 0 Å². The second-order valence-corrected chi connectivity index (χ2v) is 24.2. The molecule has 420 valence electrons. The third kappa shape index (κ3) is 11.6. The fourth-order valence-corrected chi connectivity index (χ4v) is 12.8. The van der Waals surface area contributed by atoms with E-state index in [0.29, 0.717) is 120 Å². The Morgan fingerprint density at radius 3 is 1.51 bits per heavy atom. The van der Waals surface area contributed by atoms with Crippen LogP contribution in [-0.4, -0.2) is 155 Å². The van der Waals surface area contributed by atoms with Gasteiger partial charge in [0.1, 0.15) is 16.8 Å². The number of ether oxygens (including phenoxy) is 2. The maximum Gasteiger partial charge on any atom is 0.269 e. The Bertz CT molecular complexity index is 3800. The summed E-state index contributed by atoms with van der Waals surface area (Å²) in [7, 11) is -4.03. The standard InChI is InChI=1S/C28H30N6O4S.C23H22ClN5O3S.C5H9NO.CH4/c1-18-4-6-20(7-5-18)39(36,37)34-13-10-22-21(8-11-29-27(22)34)26-30-24(23-9-12-32(3)28(23)35)16-25(31-26)33-14-15-38-17-19(33)2;1-15-3-5-17(6-4-15)33(30,31)29-10-8-19-18(7-9-25-23(19)29)22-26-20(24)13-21(27-22)28-11-12-32-14-16(28)2;1-6-4-2-3-5(6)7;/h4-8,10-11,13,16,19,23H,9,12,14-15,17H2,1-3H3;3-10,13,16H,11-12,14H2,1-2H3;2-4H2,1H3;1H4/t19-,23?;16-;;/m11../s1. The highest BCUT2D eigenvalue weighted by Crippen LogP contribution is 2.35. The molecule has 4 aliphatic rings. The topological polar surface area (TPSA) is 221 Å². The summed E-state index contributed by atoms with van der Waals surface area (Å²) in [6.07, 6.45) is 8.64. The van der Waals surface area contributed by atoms with E-state index < -0.39 is 20.0 Å². The Hall–Kier alpha value is -7.37. The highest BCUT2D eigenvalue weighted by Gasteiger charge is 2.34. The van der Waals surface area contributed by atoms with Gasteiger partial charge in [0.05, 0.1) is 59.9 Å². The lowest BCUT2D eigenvalue weighted by Gasteiger charge is -2.34. The van der Waals surface area contributed by atoms with Crippen molar-refractivity contribution in [1.29, 1.82) is 0 Å². The van der Waals surface area contributed by atoms with Crippen molar-refractivity contribution in [2.24, 2.45) is 0 Å². The molecule has 0 bridgehead atoms. The monoisotopic (exact) mass is 1140 g/mol. The van der Waals surface area contributed by atoms with E-state index in [0.717, 1.165) is 36.3 Å². The molecule has 4 fully saturated rings. The number of fused-ring (bicyclic) bond motifs is 2. The fraction of sp³-hybridized carbons (Fsp3) is 0.368. The molecule has 80 heavy (non-hydrogen) atoms. The van der Waals surface area contributed by atoms with Crippen LogP contribution >= 0.6 is 11.6 Å². The van der Waals surface area contributed by atoms with Gasteiger partial charge in [-0.3, -0.25) is 9.59 Å². The highest BCUT2D eigenvalue weighted by atomic mass is 35.5. The number of pyridine rings is 2. The van der Waals surface area contributed by atoms with Crippen LogP contribution in [0.1, 0.15) is 63.3 Å². The zero-order valence-electron chi connectivity index (χ0n) is 44.7. The molecule has 20 nitrogen and oxygen atoms in total. The average Bonchev–Trinajstić information content (AvgIpc) is 4.29. The van der Waals surface area contributed by atoms with E-state index in [1.807, 2.05) is 27.0 Å². The summed E-state index contributed by atoms with van der Waals surface area (Å²) in [5.41, 5.74) is 4.53. The molecule has 4 aliphatic heterocycles. The lowest BCUT2D eigenvalue weighted by molar-refractivity contribution is -0.128. The number of carbonyl (C=O) groups excluding carboxylic acids is 2. The molecule has 6 aromatic heterocycles. The van der Waals surface area contributed by atoms with Crippen LogP contribution in [0, 0.1) is 13.8 Å². The Balaban J connectivity index is 0.000000172. The number of rotatable bonds is 9. The third-order valence-corrected chi connectivity index (χ3v) is 18.1. The van der Waals surface area contributed by atoms with Crippen LogP contribution in [0.2, 0.25) is 5.15 Å². The predicted molar refractivity (Wildman–Crippen MR) is 308 cm³/mol. The van der Waals surface area contributed by atoms with E-state index in [-0.39, 0.29) is 41.1 Å². The predicted octanol–water partition coefficient (Wildman–Crippen LogP) is 8.00. The van der Waals surface area contributed by atoms with Crippen molar-refractivity contribution in [2.45, 2.75) is 82.2 Å². The third-order valence-electron chi connectivity index (χ3n) is 14.6. The van der Waals surface area contributed by atoms with E-state index in [1.165, 1.54) is 20.3 Å². The summed E-state index contributed by atoms with van der Waals surface area (Å²) < 4.78 is 67.1. The Kier molecular flexibility index (Phi) is 17.0. The number of hydrogen-bond acceptors (Lipinski definition) is 16. The van der Waals surface area contributed by atoms with Crippen molar-refractivity contribution < 1.29 is 35.9 Å². The zero-order valence-corrected chi connectivity index (χ0v) is 47.1. The Morgan fingerprint density at radius 1 is 0.600 bits per heavy atom. The molecule has 0 saturated carbocycles. The molecule has 3 atom stereocenters. The van der Waals surface area contributed by atoms with Gasteiger partial charge in [-0.05, 0) is 89.1 Å². The van der Waals surface area contributed by atoms with Crippen molar-refractivity contribution in [1.82, 2.24) is 47.6 Å². The molecule has 10 heterocycles. The minimum absolute atomic E-state index is 0. The number of benzene rings is 2. The van der Waals surface area contributed by atoms with E-state index in [9.17, 15) is 26.4 Å². The number of likely N-dealkylation sites (N-methyl/N-ethyl adjacent to an activating group) is 1. The number of aromatic nitrogens is 8. The molecule has 4 saturated heterocycles. The van der Waals surface area contributed by atoms with Crippen LogP contribution in [0.4, 0.5) is 11.6 Å². The van der Waals surface area contributed by atoms with E-state index in [2.05, 4.69) is 38.6 Å². The minimum atomic E-state index is -3.86. The summed E-state index contributed by atoms with van der Waals surface area (Å²) in [5.74, 6) is 2.25. The van der Waals surface area contributed by atoms with Gasteiger partial charge in [-0.1, -0.05) is 54.4 Å². The van der Waals surface area contributed by atoms with Gasteiger partial charge >= 0.3 is 0 Å². The maximum absolute atomic E-state index is 13.5. The summed E-state index contributed by atoms with van der Waals surface area (Å²) in [5, 5.41) is 1.54. The first kappa shape index (κ1) is 57.3. The Labute approximate surface area is 471 Å². The molecule has 0 N–H and O–H groups in total. The van der Waals surface area contributed by atoms with Crippen LogP contribution in [-0.2, 0) is 39.1 Å². The number of carbonyl (C=O) groups is 2. The largest absolute Gasteiger partial charge is 0.377 e. The van der Waals surface area contributed by atoms with Crippen molar-refractivity contribution in [3.05, 3.63) is 132 Å². The first-order valence-electron chi connectivity index (χ1n) is 26.1. The number of nitrogens with zero attached hydrogens (tertiary/aromatic N) is 12. The molecular weight excluding hydrogens is 1080 g/mol. The molecule has 8 aromatic rings. The number of anilines is 2. The quantitative estimate of drug-likeness (QED) is 0.125. The molecule has 2 aromatic carbocycles. The van der Waals surface area contributed by atoms with Gasteiger partial charge < -0.3 is 29.1 Å². The van der Waals surface area contributed by atoms with Gasteiger partial charge in [-0.25, -0.2) is 54.7 Å². The molecule has 2 amide bonds. The maximum atomic E-state index is 13.5. The number of morpholine rings is 2. The number of amides is 2. The van der Waals surface area contributed by atoms with Crippen LogP contribution in [0.3, 0.4) is 0 Å². The number of aryl methyl sites for hydroxylation is 2. The molecule has 23 heteroatoms. The van der Waals surface area contributed by atoms with Gasteiger partial charge in [0.15, 0.2) is 22.9 Å². The lowest BCUT2D eigenvalue weighted by atomic mass is 10.0. The molecule has 0 radical (unpaired) electrons. The van der Waals surface area contributed by atoms with E-state index in [1.54, 1.807) is 108 Å². The number of likely N-dealkylation sites (tertiary alicyclic amines) is 2. The molecule has 1 unspecified atom stereocenters. The van der Waals surface area contributed by atoms with Gasteiger partial charge in [-0.2, -0.15) is 0 Å². The van der Waals surface area contributed by atoms with Crippen molar-refractivity contribution in [3.8, 4) is 22.8 Å². The molecule has 0 aliphatic carbocycles. The smallest absolute Gasteiger partial charge is 0.269 e. The molecule has 0 spiro atoms. The zero-order chi connectivity index (χ0) is 55.8. The summed E-state index contributed by atoms with van der Waals surface area (Å²) in [4.78, 5) is 59.4. The SMILES string of the molecule is C.CN1CCCC1=O.Cc1ccc(S(=O)(=O)n2ccc3c(-c4nc(C5CCN(C)C5=O)cc(N5CCOC[C@H]5C)n4)ccnc32)cc1.Cc1ccc(S(=O)(=O)n2ccc3c(-c4nc(Cl)cc(N5CCOC[C@H]5C)n4)ccnc32)cc1. The summed E-state index contributed by atoms with van der Waals surface area (Å²) in [6, 6.07) is 24.4. The van der Waals surface area contributed by atoms with Gasteiger partial charge in [-0.15, -0.1) is 0 Å². The first-order chi connectivity index (χ1) is 37.9.